The van der Waals surface area contributed by atoms with Crippen molar-refractivity contribution in [2.75, 3.05) is 26.9 Å². The van der Waals surface area contributed by atoms with Crippen molar-refractivity contribution in [1.82, 2.24) is 24.4 Å². The molecule has 0 aliphatic heterocycles. The van der Waals surface area contributed by atoms with Gasteiger partial charge < -0.3 is 19.9 Å². The number of ether oxygens (including phenoxy) is 1. The van der Waals surface area contributed by atoms with Gasteiger partial charge >= 0.3 is 0 Å². The molecule has 0 fully saturated rings. The fourth-order valence-electron chi connectivity index (χ4n) is 4.20. The molecular weight excluding hydrogens is 452 g/mol. The van der Waals surface area contributed by atoms with Crippen molar-refractivity contribution >= 4 is 34.4 Å². The van der Waals surface area contributed by atoms with Gasteiger partial charge in [-0.15, -0.1) is 0 Å². The molecule has 1 aromatic carbocycles. The molecule has 9 heteroatoms. The summed E-state index contributed by atoms with van der Waals surface area (Å²) in [5.74, 6) is 1.06. The van der Waals surface area contributed by atoms with Crippen LogP contribution in [0.1, 0.15) is 27.2 Å². The van der Waals surface area contributed by atoms with Crippen LogP contribution < -0.4 is 10.5 Å². The summed E-state index contributed by atoms with van der Waals surface area (Å²) in [7, 11) is 5.05. The molecule has 4 aromatic rings. The highest BCUT2D eigenvalue weighted by Crippen LogP contribution is 2.40. The number of amides is 1. The third kappa shape index (κ3) is 4.17. The van der Waals surface area contributed by atoms with E-state index < -0.39 is 0 Å². The monoisotopic (exact) mass is 478 g/mol. The molecule has 0 aliphatic rings. The number of carbonyl (C=O) groups excluding carboxylic acids is 1. The molecule has 3 heterocycles. The van der Waals surface area contributed by atoms with Gasteiger partial charge in [0, 0.05) is 49.2 Å². The van der Waals surface area contributed by atoms with Crippen LogP contribution in [0.4, 0.5) is 5.82 Å². The second kappa shape index (κ2) is 9.30. The van der Waals surface area contributed by atoms with Crippen molar-refractivity contribution in [2.24, 2.45) is 0 Å². The Morgan fingerprint density at radius 1 is 1.21 bits per heavy atom. The van der Waals surface area contributed by atoms with Crippen LogP contribution in [0.15, 0.2) is 36.9 Å². The average molecular weight is 479 g/mol. The first-order valence-corrected chi connectivity index (χ1v) is 11.2. The Morgan fingerprint density at radius 2 is 1.97 bits per heavy atom. The van der Waals surface area contributed by atoms with Crippen LogP contribution in [0.5, 0.6) is 5.75 Å². The molecular formula is C25H27ClN6O2. The van der Waals surface area contributed by atoms with Gasteiger partial charge in [0.1, 0.15) is 29.2 Å². The zero-order valence-electron chi connectivity index (χ0n) is 19.9. The predicted octanol–water partition coefficient (Wildman–Crippen LogP) is 4.30. The maximum Gasteiger partial charge on any atom is 0.271 e. The molecule has 0 unspecified atom stereocenters. The zero-order chi connectivity index (χ0) is 24.6. The molecule has 2 N–H and O–H groups in total. The van der Waals surface area contributed by atoms with E-state index in [4.69, 9.17) is 22.1 Å². The molecule has 0 bridgehead atoms. The van der Waals surface area contributed by atoms with E-state index in [0.717, 1.165) is 44.6 Å². The summed E-state index contributed by atoms with van der Waals surface area (Å²) in [6, 6.07) is 5.53. The van der Waals surface area contributed by atoms with E-state index in [-0.39, 0.29) is 5.91 Å². The number of hydrogen-bond donors (Lipinski definition) is 1. The number of nitrogens with zero attached hydrogens (tertiary/aromatic N) is 5. The number of rotatable bonds is 6. The van der Waals surface area contributed by atoms with Gasteiger partial charge in [0.05, 0.1) is 12.5 Å². The molecule has 34 heavy (non-hydrogen) atoms. The number of nitrogen functional groups attached to an aromatic ring is 1. The highest BCUT2D eigenvalue weighted by atomic mass is 35.5. The molecule has 0 saturated heterocycles. The van der Waals surface area contributed by atoms with Crippen molar-refractivity contribution < 1.29 is 9.53 Å². The molecule has 176 valence electrons. The molecule has 0 atom stereocenters. The Morgan fingerprint density at radius 3 is 2.62 bits per heavy atom. The van der Waals surface area contributed by atoms with Crippen molar-refractivity contribution in [1.29, 1.82) is 0 Å². The Labute approximate surface area is 203 Å². The number of nitrogens with two attached hydrogens (primary N) is 1. The molecule has 0 saturated carbocycles. The number of aryl methyl sites for hydroxylation is 3. The van der Waals surface area contributed by atoms with E-state index in [1.54, 1.807) is 33.5 Å². The second-order valence-corrected chi connectivity index (χ2v) is 8.80. The number of fused-ring (bicyclic) bond motifs is 1. The fourth-order valence-corrected chi connectivity index (χ4v) is 4.42. The molecule has 8 nitrogen and oxygen atoms in total. The fraction of sp³-hybridized carbons (Fsp3) is 0.280. The van der Waals surface area contributed by atoms with Crippen molar-refractivity contribution in [3.05, 3.63) is 64.3 Å². The average Bonchev–Trinajstić information content (AvgIpc) is 3.15. The van der Waals surface area contributed by atoms with Crippen LogP contribution in [-0.4, -0.2) is 51.5 Å². The molecule has 0 aliphatic carbocycles. The quantitative estimate of drug-likeness (QED) is 0.443. The van der Waals surface area contributed by atoms with Gasteiger partial charge in [0.2, 0.25) is 0 Å². The van der Waals surface area contributed by atoms with Crippen molar-refractivity contribution in [3.8, 4) is 16.9 Å². The number of halogens is 1. The van der Waals surface area contributed by atoms with E-state index in [0.29, 0.717) is 29.5 Å². The topological polar surface area (TPSA) is 99.2 Å². The van der Waals surface area contributed by atoms with Gasteiger partial charge in [-0.25, -0.2) is 9.97 Å². The molecule has 1 amide bonds. The lowest BCUT2D eigenvalue weighted by Crippen LogP contribution is -2.22. The summed E-state index contributed by atoms with van der Waals surface area (Å²) in [5.41, 5.74) is 11.8. The third-order valence-corrected chi connectivity index (χ3v) is 6.32. The maximum atomic E-state index is 12.2. The highest BCUT2D eigenvalue weighted by Gasteiger charge is 2.19. The van der Waals surface area contributed by atoms with E-state index in [9.17, 15) is 4.79 Å². The van der Waals surface area contributed by atoms with Gasteiger partial charge in [0.25, 0.3) is 5.91 Å². The number of benzene rings is 1. The normalized spacial score (nSPS) is 11.1. The lowest BCUT2D eigenvalue weighted by molar-refractivity contribution is 0.0822. The summed E-state index contributed by atoms with van der Waals surface area (Å²) >= 11 is 6.64. The minimum absolute atomic E-state index is 0.152. The lowest BCUT2D eigenvalue weighted by atomic mass is 9.96. The Balaban J connectivity index is 1.72. The number of anilines is 1. The summed E-state index contributed by atoms with van der Waals surface area (Å²) in [5, 5.41) is 1.51. The Kier molecular flexibility index (Phi) is 6.43. The zero-order valence-corrected chi connectivity index (χ0v) is 20.6. The summed E-state index contributed by atoms with van der Waals surface area (Å²) < 4.78 is 7.93. The summed E-state index contributed by atoms with van der Waals surface area (Å²) in [4.78, 5) is 26.6. The number of hydrogen-bond acceptors (Lipinski definition) is 6. The minimum Gasteiger partial charge on any atom is -0.496 e. The Hall–Kier alpha value is -3.65. The van der Waals surface area contributed by atoms with E-state index in [1.165, 1.54) is 11.2 Å². The smallest absolute Gasteiger partial charge is 0.271 e. The van der Waals surface area contributed by atoms with Crippen molar-refractivity contribution in [2.45, 2.75) is 26.8 Å². The maximum absolute atomic E-state index is 12.2. The molecule has 0 radical (unpaired) electrons. The van der Waals surface area contributed by atoms with Crippen molar-refractivity contribution in [3.63, 3.8) is 0 Å². The second-order valence-electron chi connectivity index (χ2n) is 8.40. The van der Waals surface area contributed by atoms with Gasteiger partial charge in [0.15, 0.2) is 0 Å². The van der Waals surface area contributed by atoms with Gasteiger partial charge in [-0.3, -0.25) is 9.78 Å². The van der Waals surface area contributed by atoms with Crippen LogP contribution in [0.25, 0.3) is 22.2 Å². The lowest BCUT2D eigenvalue weighted by Gasteiger charge is -2.18. The summed E-state index contributed by atoms with van der Waals surface area (Å²) in [6.45, 7) is 4.60. The highest BCUT2D eigenvalue weighted by molar-refractivity contribution is 6.32. The van der Waals surface area contributed by atoms with E-state index >= 15 is 0 Å². The first-order valence-electron chi connectivity index (χ1n) is 10.8. The molecule has 3 aromatic heterocycles. The largest absolute Gasteiger partial charge is 0.496 e. The van der Waals surface area contributed by atoms with Crippen LogP contribution in [0, 0.1) is 13.8 Å². The minimum atomic E-state index is -0.152. The van der Waals surface area contributed by atoms with Crippen LogP contribution in [-0.2, 0) is 13.0 Å². The number of carbonyl (C=O) groups is 1. The van der Waals surface area contributed by atoms with Gasteiger partial charge in [-0.05, 0) is 49.1 Å². The summed E-state index contributed by atoms with van der Waals surface area (Å²) in [6.07, 6.45) is 5.86. The molecule has 4 rings (SSSR count). The first-order chi connectivity index (χ1) is 16.2. The predicted molar refractivity (Wildman–Crippen MR) is 134 cm³/mol. The first kappa shape index (κ1) is 23.5. The number of aromatic nitrogens is 4. The third-order valence-electron chi connectivity index (χ3n) is 5.93. The van der Waals surface area contributed by atoms with Crippen LogP contribution in [0.3, 0.4) is 0 Å². The van der Waals surface area contributed by atoms with E-state index in [1.807, 2.05) is 32.2 Å². The SMILES string of the molecule is COc1c(CCn2cc(C)c3c(N)ncnc32)cc(Cl)c(C)c1-c1ccc(C(=O)N(C)C)nc1. The van der Waals surface area contributed by atoms with Crippen LogP contribution in [0.2, 0.25) is 5.02 Å². The van der Waals surface area contributed by atoms with Crippen LogP contribution >= 0.6 is 11.6 Å². The van der Waals surface area contributed by atoms with E-state index in [2.05, 4.69) is 19.5 Å². The van der Waals surface area contributed by atoms with Gasteiger partial charge in [-0.2, -0.15) is 0 Å². The standard InChI is InChI=1S/C25H27ClN6O2/c1-14-12-32(24-20(14)23(27)29-13-30-24)9-8-16-10-18(26)15(2)21(22(16)34-5)17-6-7-19(28-11-17)25(33)31(3)4/h6-7,10-13H,8-9H2,1-5H3,(H2,27,29,30). The molecule has 0 spiro atoms. The number of pyridine rings is 1. The number of methoxy groups -OCH3 is 1. The Bertz CT molecular complexity index is 1380. The van der Waals surface area contributed by atoms with Gasteiger partial charge in [-0.1, -0.05) is 17.7 Å².